The van der Waals surface area contributed by atoms with E-state index in [1.165, 1.54) is 0 Å². The van der Waals surface area contributed by atoms with Gasteiger partial charge < -0.3 is 10.2 Å². The van der Waals surface area contributed by atoms with Crippen LogP contribution < -0.4 is 5.32 Å². The number of carbonyl (C=O) groups is 1. The third kappa shape index (κ3) is 4.05. The molecule has 0 radical (unpaired) electrons. The van der Waals surface area contributed by atoms with Gasteiger partial charge in [0, 0.05) is 19.6 Å². The number of hydrogen-bond acceptors (Lipinski definition) is 3. The van der Waals surface area contributed by atoms with Gasteiger partial charge in [0.1, 0.15) is 6.04 Å². The summed E-state index contributed by atoms with van der Waals surface area (Å²) in [5, 5.41) is 3.36. The van der Waals surface area contributed by atoms with E-state index in [0.717, 1.165) is 51.3 Å². The normalized spacial score (nSPS) is 17.6. The van der Waals surface area contributed by atoms with Crippen molar-refractivity contribution in [1.29, 1.82) is 0 Å². The van der Waals surface area contributed by atoms with Crippen LogP contribution in [0.15, 0.2) is 30.3 Å². The molecule has 1 atom stereocenters. The van der Waals surface area contributed by atoms with Crippen molar-refractivity contribution in [1.82, 2.24) is 15.1 Å². The number of likely N-dealkylation sites (N-methyl/N-ethyl adjacent to an activating group) is 1. The Morgan fingerprint density at radius 1 is 1.19 bits per heavy atom. The Hall–Kier alpha value is -1.39. The summed E-state index contributed by atoms with van der Waals surface area (Å²) in [5.74, 6) is 0.244. The molecule has 2 rings (SSSR count). The van der Waals surface area contributed by atoms with E-state index in [-0.39, 0.29) is 11.9 Å². The predicted octanol–water partition coefficient (Wildman–Crippen LogP) is 1.89. The Kier molecular flexibility index (Phi) is 6.21. The van der Waals surface area contributed by atoms with E-state index in [1.54, 1.807) is 0 Å². The van der Waals surface area contributed by atoms with Crippen LogP contribution in [0.2, 0.25) is 0 Å². The molecule has 0 spiro atoms. The second kappa shape index (κ2) is 8.15. The van der Waals surface area contributed by atoms with Gasteiger partial charge in [0.05, 0.1) is 0 Å². The molecule has 1 aliphatic heterocycles. The molecule has 1 N–H and O–H groups in total. The molecule has 1 heterocycles. The quantitative estimate of drug-likeness (QED) is 0.899. The van der Waals surface area contributed by atoms with E-state index in [0.29, 0.717) is 0 Å². The smallest absolute Gasteiger partial charge is 0.244 e. The van der Waals surface area contributed by atoms with Gasteiger partial charge in [0.2, 0.25) is 5.91 Å². The molecule has 0 bridgehead atoms. The van der Waals surface area contributed by atoms with Gasteiger partial charge in [-0.05, 0) is 31.6 Å². The summed E-state index contributed by atoms with van der Waals surface area (Å²) in [6, 6.07) is 10.0. The summed E-state index contributed by atoms with van der Waals surface area (Å²) < 4.78 is 0. The number of nitrogens with one attached hydrogen (secondary N) is 1. The van der Waals surface area contributed by atoms with Crippen LogP contribution in [0, 0.1) is 0 Å². The van der Waals surface area contributed by atoms with Crippen LogP contribution in [0.25, 0.3) is 0 Å². The lowest BCUT2D eigenvalue weighted by molar-refractivity contribution is -0.137. The third-order valence-electron chi connectivity index (χ3n) is 4.18. The first kappa shape index (κ1) is 16.0. The average Bonchev–Trinajstić information content (AvgIpc) is 2.82. The maximum Gasteiger partial charge on any atom is 0.244 e. The van der Waals surface area contributed by atoms with Gasteiger partial charge >= 0.3 is 0 Å². The zero-order valence-corrected chi connectivity index (χ0v) is 13.2. The fraction of sp³-hybridized carbons (Fsp3) is 0.588. The van der Waals surface area contributed by atoms with Gasteiger partial charge in [-0.2, -0.15) is 0 Å². The maximum absolute atomic E-state index is 13.1. The Bertz CT molecular complexity index is 423. The van der Waals surface area contributed by atoms with Gasteiger partial charge in [-0.25, -0.2) is 0 Å². The van der Waals surface area contributed by atoms with E-state index in [9.17, 15) is 4.79 Å². The Labute approximate surface area is 128 Å². The van der Waals surface area contributed by atoms with Crippen LogP contribution in [0.5, 0.6) is 0 Å². The van der Waals surface area contributed by atoms with Crippen molar-refractivity contribution in [3.8, 4) is 0 Å². The zero-order chi connectivity index (χ0) is 15.1. The molecule has 1 aromatic carbocycles. The van der Waals surface area contributed by atoms with Crippen molar-refractivity contribution in [3.63, 3.8) is 0 Å². The monoisotopic (exact) mass is 289 g/mol. The van der Waals surface area contributed by atoms with Gasteiger partial charge in [0.15, 0.2) is 0 Å². The fourth-order valence-electron chi connectivity index (χ4n) is 2.97. The van der Waals surface area contributed by atoms with Gasteiger partial charge in [0.25, 0.3) is 0 Å². The highest BCUT2D eigenvalue weighted by Crippen LogP contribution is 2.23. The second-order valence-corrected chi connectivity index (χ2v) is 5.46. The summed E-state index contributed by atoms with van der Waals surface area (Å²) in [7, 11) is 0. The summed E-state index contributed by atoms with van der Waals surface area (Å²) in [5.41, 5.74) is 1.10. The summed E-state index contributed by atoms with van der Waals surface area (Å²) in [4.78, 5) is 17.3. The van der Waals surface area contributed by atoms with E-state index < -0.39 is 0 Å². The van der Waals surface area contributed by atoms with Crippen molar-refractivity contribution in [3.05, 3.63) is 35.9 Å². The first-order valence-electron chi connectivity index (χ1n) is 8.06. The van der Waals surface area contributed by atoms with Crippen molar-refractivity contribution >= 4 is 5.91 Å². The van der Waals surface area contributed by atoms with Crippen LogP contribution in [-0.4, -0.2) is 55.0 Å². The molecule has 1 aromatic rings. The summed E-state index contributed by atoms with van der Waals surface area (Å²) in [6.07, 6.45) is 1.03. The first-order chi connectivity index (χ1) is 10.3. The third-order valence-corrected chi connectivity index (χ3v) is 4.18. The molecular weight excluding hydrogens is 262 g/mol. The maximum atomic E-state index is 13.1. The molecule has 0 aliphatic carbocycles. The lowest BCUT2D eigenvalue weighted by Crippen LogP contribution is -2.44. The van der Waals surface area contributed by atoms with Crippen LogP contribution >= 0.6 is 0 Å². The molecule has 1 saturated heterocycles. The molecule has 1 unspecified atom stereocenters. The lowest BCUT2D eigenvalue weighted by Gasteiger charge is -2.33. The fourth-order valence-corrected chi connectivity index (χ4v) is 2.97. The minimum atomic E-state index is -0.153. The number of carbonyl (C=O) groups excluding carboxylic acids is 1. The average molecular weight is 289 g/mol. The van der Waals surface area contributed by atoms with E-state index in [4.69, 9.17) is 0 Å². The van der Waals surface area contributed by atoms with Crippen molar-refractivity contribution in [2.75, 3.05) is 39.3 Å². The predicted molar refractivity (Wildman–Crippen MR) is 86.2 cm³/mol. The minimum Gasteiger partial charge on any atom is -0.340 e. The van der Waals surface area contributed by atoms with Gasteiger partial charge in [-0.3, -0.25) is 9.69 Å². The number of rotatable bonds is 5. The van der Waals surface area contributed by atoms with Crippen molar-refractivity contribution in [2.24, 2.45) is 0 Å². The second-order valence-electron chi connectivity index (χ2n) is 5.46. The van der Waals surface area contributed by atoms with Gasteiger partial charge in [-0.15, -0.1) is 0 Å². The number of amides is 1. The van der Waals surface area contributed by atoms with Crippen molar-refractivity contribution in [2.45, 2.75) is 26.3 Å². The topological polar surface area (TPSA) is 35.6 Å². The molecule has 1 fully saturated rings. The summed E-state index contributed by atoms with van der Waals surface area (Å²) in [6.45, 7) is 9.58. The van der Waals surface area contributed by atoms with Gasteiger partial charge in [-0.1, -0.05) is 44.2 Å². The molecule has 0 saturated carbocycles. The van der Waals surface area contributed by atoms with E-state index in [2.05, 4.69) is 36.2 Å². The Morgan fingerprint density at radius 2 is 1.90 bits per heavy atom. The molecule has 1 amide bonds. The van der Waals surface area contributed by atoms with Crippen LogP contribution in [0.3, 0.4) is 0 Å². The first-order valence-corrected chi connectivity index (χ1v) is 8.06. The highest BCUT2D eigenvalue weighted by atomic mass is 16.2. The van der Waals surface area contributed by atoms with Crippen molar-refractivity contribution < 1.29 is 4.79 Å². The largest absolute Gasteiger partial charge is 0.340 e. The summed E-state index contributed by atoms with van der Waals surface area (Å²) >= 11 is 0. The SMILES string of the molecule is CCN(CC)C(C(=O)N1CCCNCC1)c1ccccc1. The molecule has 4 nitrogen and oxygen atoms in total. The van der Waals surface area contributed by atoms with Crippen LogP contribution in [-0.2, 0) is 4.79 Å². The standard InChI is InChI=1S/C17H27N3O/c1-3-19(4-2)16(15-9-6-5-7-10-15)17(21)20-13-8-11-18-12-14-20/h5-7,9-10,16,18H,3-4,8,11-14H2,1-2H3. The highest BCUT2D eigenvalue weighted by molar-refractivity contribution is 5.83. The minimum absolute atomic E-state index is 0.153. The Balaban J connectivity index is 2.23. The number of hydrogen-bond donors (Lipinski definition) is 1. The molecule has 4 heteroatoms. The highest BCUT2D eigenvalue weighted by Gasteiger charge is 2.29. The molecule has 1 aliphatic rings. The number of benzene rings is 1. The molecule has 116 valence electrons. The lowest BCUT2D eigenvalue weighted by atomic mass is 10.0. The zero-order valence-electron chi connectivity index (χ0n) is 13.2. The van der Waals surface area contributed by atoms with E-state index in [1.807, 2.05) is 23.1 Å². The molecule has 0 aromatic heterocycles. The Morgan fingerprint density at radius 3 is 2.57 bits per heavy atom. The number of nitrogens with zero attached hydrogens (tertiary/aromatic N) is 2. The van der Waals surface area contributed by atoms with Crippen LogP contribution in [0.1, 0.15) is 31.9 Å². The van der Waals surface area contributed by atoms with Crippen LogP contribution in [0.4, 0.5) is 0 Å². The molecule has 21 heavy (non-hydrogen) atoms. The molecular formula is C17H27N3O. The van der Waals surface area contributed by atoms with E-state index >= 15 is 0 Å².